The maximum absolute atomic E-state index is 15.8. The zero-order valence-corrected chi connectivity index (χ0v) is 29.5. The summed E-state index contributed by atoms with van der Waals surface area (Å²) in [5, 5.41) is 7.04. The topological polar surface area (TPSA) is 119 Å². The van der Waals surface area contributed by atoms with Gasteiger partial charge in [-0.25, -0.2) is 22.2 Å². The molecule has 0 saturated heterocycles. The number of amides is 2. The molecule has 5 aromatic rings. The third kappa shape index (κ3) is 8.87. The normalized spacial score (nSPS) is 11.8. The first kappa shape index (κ1) is 38.2. The van der Waals surface area contributed by atoms with Gasteiger partial charge in [0.1, 0.15) is 12.4 Å². The summed E-state index contributed by atoms with van der Waals surface area (Å²) >= 11 is 6.07. The minimum atomic E-state index is -4.75. The lowest BCUT2D eigenvalue weighted by Gasteiger charge is -2.15. The summed E-state index contributed by atoms with van der Waals surface area (Å²) in [6.07, 6.45) is -1.52. The minimum absolute atomic E-state index is 0.0371. The first-order valence-electron chi connectivity index (χ1n) is 16.0. The molecule has 0 unspecified atom stereocenters. The lowest BCUT2D eigenvalue weighted by molar-refractivity contribution is -0.137. The number of nitrogens with zero attached hydrogens (tertiary/aromatic N) is 2. The zero-order valence-electron chi connectivity index (χ0n) is 27.9. The number of ether oxygens (including phenoxy) is 1. The molecular formula is C37H33ClF4N4O5S. The number of unbranched alkanes of at least 4 members (excludes halogenated alkanes) is 1. The standard InChI is InChI=1S/C37H33ClF4N4O5S/c1-3-4-12-32-25(21-46(44-32)33-20-26(43-35(47)22-51-2)16-17-29(33)37(40,41)42)18-24-15-14-23(19-31(24)39)27-9-6-8-13-34(27)52(49,50)45-36(48)28-10-5-7-11-30(28)38/h5-11,13-17,19-21H,3-4,12,18,22H2,1-2H3,(H,43,47)(H,45,48). The van der Waals surface area contributed by atoms with Crippen LogP contribution in [0, 0.1) is 5.82 Å². The largest absolute Gasteiger partial charge is 0.418 e. The van der Waals surface area contributed by atoms with Crippen molar-refractivity contribution in [3.63, 3.8) is 0 Å². The number of benzene rings is 4. The molecule has 0 saturated carbocycles. The second-order valence-corrected chi connectivity index (χ2v) is 13.8. The summed E-state index contributed by atoms with van der Waals surface area (Å²) in [5.41, 5.74) is 0.207. The van der Waals surface area contributed by atoms with E-state index in [2.05, 4.69) is 10.4 Å². The predicted octanol–water partition coefficient (Wildman–Crippen LogP) is 7.99. The highest BCUT2D eigenvalue weighted by atomic mass is 35.5. The predicted molar refractivity (Wildman–Crippen MR) is 188 cm³/mol. The van der Waals surface area contributed by atoms with Crippen molar-refractivity contribution in [3.05, 3.63) is 130 Å². The van der Waals surface area contributed by atoms with Gasteiger partial charge in [-0.15, -0.1) is 0 Å². The molecule has 0 spiro atoms. The van der Waals surface area contributed by atoms with Crippen molar-refractivity contribution in [1.29, 1.82) is 0 Å². The van der Waals surface area contributed by atoms with Crippen molar-refractivity contribution in [2.45, 2.75) is 43.7 Å². The lowest BCUT2D eigenvalue weighted by Crippen LogP contribution is -2.31. The van der Waals surface area contributed by atoms with Crippen molar-refractivity contribution >= 4 is 39.1 Å². The number of sulfonamides is 1. The number of alkyl halides is 3. The van der Waals surface area contributed by atoms with Crippen molar-refractivity contribution in [1.82, 2.24) is 14.5 Å². The number of aryl methyl sites for hydroxylation is 1. The Morgan fingerprint density at radius 3 is 2.38 bits per heavy atom. The average Bonchev–Trinajstić information content (AvgIpc) is 3.50. The third-order valence-electron chi connectivity index (χ3n) is 8.02. The number of carbonyl (C=O) groups excluding carboxylic acids is 2. The molecule has 0 atom stereocenters. The number of hydrogen-bond acceptors (Lipinski definition) is 6. The van der Waals surface area contributed by atoms with Gasteiger partial charge in [-0.1, -0.05) is 67.4 Å². The van der Waals surface area contributed by atoms with Gasteiger partial charge in [0.25, 0.3) is 15.9 Å². The summed E-state index contributed by atoms with van der Waals surface area (Å²) < 4.78 is 92.9. The quantitative estimate of drug-likeness (QED) is 0.118. The highest BCUT2D eigenvalue weighted by Gasteiger charge is 2.35. The van der Waals surface area contributed by atoms with E-state index in [1.165, 1.54) is 61.8 Å². The van der Waals surface area contributed by atoms with Crippen LogP contribution in [0.3, 0.4) is 0 Å². The Bertz CT molecular complexity index is 2220. The summed E-state index contributed by atoms with van der Waals surface area (Å²) in [7, 11) is -3.13. The Labute approximate surface area is 302 Å². The fourth-order valence-electron chi connectivity index (χ4n) is 5.52. The molecule has 272 valence electrons. The molecule has 1 heterocycles. The molecule has 52 heavy (non-hydrogen) atoms. The van der Waals surface area contributed by atoms with Gasteiger partial charge in [0.2, 0.25) is 5.91 Å². The van der Waals surface area contributed by atoms with Gasteiger partial charge in [0.15, 0.2) is 0 Å². The van der Waals surface area contributed by atoms with Gasteiger partial charge in [0.05, 0.1) is 32.4 Å². The number of carbonyl (C=O) groups is 2. The highest BCUT2D eigenvalue weighted by Crippen LogP contribution is 2.36. The van der Waals surface area contributed by atoms with E-state index < -0.39 is 39.4 Å². The van der Waals surface area contributed by atoms with E-state index in [1.807, 2.05) is 11.6 Å². The molecule has 4 aromatic carbocycles. The molecule has 0 bridgehead atoms. The van der Waals surface area contributed by atoms with Crippen LogP contribution in [-0.4, -0.2) is 43.7 Å². The molecule has 0 fully saturated rings. The number of halogens is 5. The Morgan fingerprint density at radius 1 is 0.962 bits per heavy atom. The van der Waals surface area contributed by atoms with Crippen LogP contribution in [-0.2, 0) is 38.6 Å². The second-order valence-electron chi connectivity index (χ2n) is 11.8. The van der Waals surface area contributed by atoms with Crippen LogP contribution in [0.2, 0.25) is 5.02 Å². The van der Waals surface area contributed by atoms with E-state index >= 15 is 4.39 Å². The van der Waals surface area contributed by atoms with Crippen LogP contribution in [0.4, 0.5) is 23.2 Å². The van der Waals surface area contributed by atoms with Crippen LogP contribution < -0.4 is 10.0 Å². The minimum Gasteiger partial charge on any atom is -0.375 e. The summed E-state index contributed by atoms with van der Waals surface area (Å²) in [5.74, 6) is -2.19. The maximum atomic E-state index is 15.8. The fraction of sp³-hybridized carbons (Fsp3) is 0.216. The molecule has 9 nitrogen and oxygen atoms in total. The highest BCUT2D eigenvalue weighted by molar-refractivity contribution is 7.90. The Morgan fingerprint density at radius 2 is 1.69 bits per heavy atom. The fourth-order valence-corrected chi connectivity index (χ4v) is 6.94. The molecular weight excluding hydrogens is 724 g/mol. The maximum Gasteiger partial charge on any atom is 0.418 e. The van der Waals surface area contributed by atoms with Gasteiger partial charge in [0, 0.05) is 31.0 Å². The van der Waals surface area contributed by atoms with Crippen LogP contribution in [0.15, 0.2) is 96.0 Å². The number of nitrogens with one attached hydrogen (secondary N) is 2. The molecule has 0 radical (unpaired) electrons. The molecule has 2 N–H and O–H groups in total. The van der Waals surface area contributed by atoms with Crippen molar-refractivity contribution in [3.8, 4) is 16.8 Å². The van der Waals surface area contributed by atoms with Crippen molar-refractivity contribution in [2.75, 3.05) is 19.0 Å². The zero-order chi connectivity index (χ0) is 37.6. The summed E-state index contributed by atoms with van der Waals surface area (Å²) in [6, 6.07) is 19.0. The Kier molecular flexibility index (Phi) is 11.8. The lowest BCUT2D eigenvalue weighted by atomic mass is 9.99. The van der Waals surface area contributed by atoms with Crippen LogP contribution in [0.5, 0.6) is 0 Å². The number of anilines is 1. The van der Waals surface area contributed by atoms with Crippen molar-refractivity contribution in [2.24, 2.45) is 0 Å². The van der Waals surface area contributed by atoms with Gasteiger partial charge < -0.3 is 10.1 Å². The smallest absolute Gasteiger partial charge is 0.375 e. The Balaban J connectivity index is 1.47. The van der Waals surface area contributed by atoms with Gasteiger partial charge in [-0.2, -0.15) is 18.3 Å². The first-order chi connectivity index (χ1) is 24.7. The van der Waals surface area contributed by atoms with Gasteiger partial charge >= 0.3 is 6.18 Å². The van der Waals surface area contributed by atoms with E-state index in [9.17, 15) is 31.2 Å². The SMILES string of the molecule is CCCCc1nn(-c2cc(NC(=O)COC)ccc2C(F)(F)F)cc1Cc1ccc(-c2ccccc2S(=O)(=O)NC(=O)c2ccccc2Cl)cc1F. The number of aromatic nitrogens is 2. The number of hydrogen-bond donors (Lipinski definition) is 2. The van der Waals surface area contributed by atoms with Gasteiger partial charge in [-0.05, 0) is 72.0 Å². The molecule has 0 aliphatic rings. The Hall–Kier alpha value is -5.05. The summed E-state index contributed by atoms with van der Waals surface area (Å²) in [6.45, 7) is 1.65. The first-order valence-corrected chi connectivity index (χ1v) is 17.8. The van der Waals surface area contributed by atoms with Crippen LogP contribution in [0.1, 0.15) is 52.5 Å². The third-order valence-corrected chi connectivity index (χ3v) is 9.74. The average molecular weight is 757 g/mol. The van der Waals surface area contributed by atoms with Gasteiger partial charge in [-0.3, -0.25) is 9.59 Å². The van der Waals surface area contributed by atoms with E-state index in [-0.39, 0.29) is 56.6 Å². The van der Waals surface area contributed by atoms with Crippen molar-refractivity contribution < 1.29 is 40.3 Å². The van der Waals surface area contributed by atoms with E-state index in [0.717, 1.165) is 35.4 Å². The molecule has 1 aromatic heterocycles. The second kappa shape index (κ2) is 16.1. The van der Waals surface area contributed by atoms with E-state index in [4.69, 9.17) is 16.3 Å². The number of methoxy groups -OCH3 is 1. The van der Waals surface area contributed by atoms with E-state index in [0.29, 0.717) is 24.1 Å². The molecule has 5 rings (SSSR count). The summed E-state index contributed by atoms with van der Waals surface area (Å²) in [4.78, 5) is 24.6. The molecule has 0 aliphatic heterocycles. The van der Waals surface area contributed by atoms with Crippen LogP contribution >= 0.6 is 11.6 Å². The number of rotatable bonds is 13. The van der Waals surface area contributed by atoms with E-state index in [1.54, 1.807) is 12.1 Å². The molecule has 2 amide bonds. The molecule has 0 aliphatic carbocycles. The molecule has 15 heteroatoms. The monoisotopic (exact) mass is 756 g/mol. The van der Waals surface area contributed by atoms with Crippen LogP contribution in [0.25, 0.3) is 16.8 Å².